The van der Waals surface area contributed by atoms with Crippen LogP contribution in [0, 0.1) is 11.8 Å². The van der Waals surface area contributed by atoms with Crippen molar-refractivity contribution < 1.29 is 9.90 Å². The van der Waals surface area contributed by atoms with Gasteiger partial charge in [0.05, 0.1) is 28.7 Å². The maximum Gasteiger partial charge on any atom is 0.324 e. The third-order valence-corrected chi connectivity index (χ3v) is 5.45. The number of benzene rings is 1. The number of nitrogens with two attached hydrogens (primary N) is 1. The van der Waals surface area contributed by atoms with Gasteiger partial charge in [0.2, 0.25) is 0 Å². The van der Waals surface area contributed by atoms with Crippen molar-refractivity contribution in [3.8, 4) is 11.8 Å². The Morgan fingerprint density at radius 2 is 2.14 bits per heavy atom. The van der Waals surface area contributed by atoms with Crippen molar-refractivity contribution in [1.29, 1.82) is 0 Å². The van der Waals surface area contributed by atoms with Crippen molar-refractivity contribution in [2.45, 2.75) is 6.61 Å². The van der Waals surface area contributed by atoms with E-state index in [9.17, 15) is 9.90 Å². The molecular weight excluding hydrogens is 466 g/mol. The number of aliphatic hydroxyl groups is 1. The van der Waals surface area contributed by atoms with Gasteiger partial charge in [-0.05, 0) is 51.1 Å². The minimum atomic E-state index is -0.506. The van der Waals surface area contributed by atoms with Crippen LogP contribution in [0.2, 0.25) is 5.15 Å². The van der Waals surface area contributed by atoms with Gasteiger partial charge in [0, 0.05) is 11.6 Å². The van der Waals surface area contributed by atoms with E-state index in [1.165, 1.54) is 12.3 Å². The van der Waals surface area contributed by atoms with Crippen molar-refractivity contribution in [1.82, 2.24) is 9.36 Å². The number of carbonyl (C=O) groups excluding carboxylic acids is 1. The number of nitrogens with zero attached hydrogens (tertiary/aromatic N) is 2. The van der Waals surface area contributed by atoms with E-state index in [2.05, 4.69) is 47.8 Å². The number of nitrogen functional groups attached to an aromatic ring is 1. The zero-order valence-corrected chi connectivity index (χ0v) is 17.3. The van der Waals surface area contributed by atoms with Crippen LogP contribution in [0.4, 0.5) is 21.2 Å². The first-order valence-electron chi connectivity index (χ1n) is 7.82. The number of aromatic nitrogens is 2. The van der Waals surface area contributed by atoms with E-state index in [1.807, 2.05) is 18.2 Å². The molecule has 0 spiro atoms. The lowest BCUT2D eigenvalue weighted by atomic mass is 10.1. The number of carbonyl (C=O) groups is 1. The van der Waals surface area contributed by atoms with Crippen LogP contribution in [0.25, 0.3) is 0 Å². The maximum atomic E-state index is 12.2. The van der Waals surface area contributed by atoms with Crippen molar-refractivity contribution in [3.05, 3.63) is 63.0 Å². The lowest BCUT2D eigenvalue weighted by Gasteiger charge is -2.08. The second-order valence-electron chi connectivity index (χ2n) is 5.46. The molecule has 0 aliphatic carbocycles. The summed E-state index contributed by atoms with van der Waals surface area (Å²) in [5.74, 6) is 5.93. The summed E-state index contributed by atoms with van der Waals surface area (Å²) in [6.45, 7) is -0.0493. The number of hydrogen-bond acceptors (Lipinski definition) is 6. The van der Waals surface area contributed by atoms with Crippen LogP contribution in [-0.4, -0.2) is 20.5 Å². The third kappa shape index (κ3) is 4.99. The SMILES string of the molecule is Nc1cnc(Cl)cc1NC(=O)Nc1snc(C#Cc2cccc(CO)c2)c1Br. The Morgan fingerprint density at radius 3 is 2.93 bits per heavy atom. The maximum absolute atomic E-state index is 12.2. The van der Waals surface area contributed by atoms with E-state index in [-0.39, 0.29) is 11.8 Å². The van der Waals surface area contributed by atoms with E-state index in [0.717, 1.165) is 22.7 Å². The molecule has 7 nitrogen and oxygen atoms in total. The summed E-state index contributed by atoms with van der Waals surface area (Å²) in [6.07, 6.45) is 1.36. The van der Waals surface area contributed by atoms with Crippen LogP contribution in [0.15, 0.2) is 41.0 Å². The van der Waals surface area contributed by atoms with Gasteiger partial charge >= 0.3 is 6.03 Å². The van der Waals surface area contributed by atoms with Gasteiger partial charge in [-0.3, -0.25) is 5.32 Å². The second kappa shape index (κ2) is 9.03. The van der Waals surface area contributed by atoms with Crippen LogP contribution >= 0.6 is 39.1 Å². The molecule has 2 aromatic heterocycles. The van der Waals surface area contributed by atoms with Gasteiger partial charge in [-0.2, -0.15) is 4.37 Å². The van der Waals surface area contributed by atoms with Crippen molar-refractivity contribution in [2.24, 2.45) is 0 Å². The number of rotatable bonds is 3. The molecular formula is C18H13BrClN5O2S. The van der Waals surface area contributed by atoms with E-state index in [1.54, 1.807) is 6.07 Å². The molecule has 2 amide bonds. The first-order valence-corrected chi connectivity index (χ1v) is 9.76. The summed E-state index contributed by atoms with van der Waals surface area (Å²) >= 11 is 10.3. The Morgan fingerprint density at radius 1 is 1.32 bits per heavy atom. The van der Waals surface area contributed by atoms with Gasteiger partial charge in [0.15, 0.2) is 0 Å². The minimum Gasteiger partial charge on any atom is -0.396 e. The third-order valence-electron chi connectivity index (χ3n) is 3.45. The number of aliphatic hydroxyl groups excluding tert-OH is 1. The molecule has 0 unspecified atom stereocenters. The smallest absolute Gasteiger partial charge is 0.324 e. The number of pyridine rings is 1. The van der Waals surface area contributed by atoms with Gasteiger partial charge in [-0.15, -0.1) is 0 Å². The molecule has 10 heteroatoms. The fraction of sp³-hybridized carbons (Fsp3) is 0.0556. The first kappa shape index (κ1) is 20.1. The highest BCUT2D eigenvalue weighted by Crippen LogP contribution is 2.30. The monoisotopic (exact) mass is 477 g/mol. The van der Waals surface area contributed by atoms with Gasteiger partial charge in [-0.25, -0.2) is 9.78 Å². The Labute approximate surface area is 178 Å². The molecule has 0 fully saturated rings. The molecule has 0 aliphatic heterocycles. The highest BCUT2D eigenvalue weighted by molar-refractivity contribution is 9.10. The highest BCUT2D eigenvalue weighted by Gasteiger charge is 2.13. The Bertz CT molecular complexity index is 1090. The molecule has 0 radical (unpaired) electrons. The number of amides is 2. The minimum absolute atomic E-state index is 0.0493. The molecule has 0 atom stereocenters. The van der Waals surface area contributed by atoms with Gasteiger partial charge in [0.25, 0.3) is 0 Å². The largest absolute Gasteiger partial charge is 0.396 e. The zero-order chi connectivity index (χ0) is 20.1. The van der Waals surface area contributed by atoms with Crippen molar-refractivity contribution >= 4 is 61.5 Å². The summed E-state index contributed by atoms with van der Waals surface area (Å²) < 4.78 is 4.81. The Kier molecular flexibility index (Phi) is 6.49. The average molecular weight is 479 g/mol. The number of hydrogen-bond donors (Lipinski definition) is 4. The Hall–Kier alpha value is -2.64. The molecule has 0 aliphatic rings. The quantitative estimate of drug-likeness (QED) is 0.335. The fourth-order valence-electron chi connectivity index (χ4n) is 2.12. The van der Waals surface area contributed by atoms with E-state index in [0.29, 0.717) is 26.5 Å². The molecule has 1 aromatic carbocycles. The molecule has 3 aromatic rings. The summed E-state index contributed by atoms with van der Waals surface area (Å²) in [4.78, 5) is 16.0. The number of nitrogens with one attached hydrogen (secondary N) is 2. The van der Waals surface area contributed by atoms with Crippen molar-refractivity contribution in [3.63, 3.8) is 0 Å². The molecule has 0 saturated carbocycles. The molecule has 142 valence electrons. The van der Waals surface area contributed by atoms with Crippen LogP contribution in [-0.2, 0) is 6.61 Å². The summed E-state index contributed by atoms with van der Waals surface area (Å²) in [7, 11) is 0. The molecule has 5 N–H and O–H groups in total. The molecule has 0 bridgehead atoms. The normalized spacial score (nSPS) is 10.1. The van der Waals surface area contributed by atoms with E-state index in [4.69, 9.17) is 17.3 Å². The predicted octanol–water partition coefficient (Wildman–Crippen LogP) is 4.07. The van der Waals surface area contributed by atoms with Crippen molar-refractivity contribution in [2.75, 3.05) is 16.4 Å². The summed E-state index contributed by atoms with van der Waals surface area (Å²) in [5, 5.41) is 15.2. The predicted molar refractivity (Wildman–Crippen MR) is 114 cm³/mol. The van der Waals surface area contributed by atoms with Crippen LogP contribution in [0.1, 0.15) is 16.8 Å². The van der Waals surface area contributed by atoms with Gasteiger partial charge in [0.1, 0.15) is 15.8 Å². The van der Waals surface area contributed by atoms with E-state index < -0.39 is 6.03 Å². The van der Waals surface area contributed by atoms with E-state index >= 15 is 0 Å². The number of urea groups is 1. The van der Waals surface area contributed by atoms with Gasteiger partial charge < -0.3 is 16.2 Å². The number of halogens is 2. The molecule has 0 saturated heterocycles. The summed E-state index contributed by atoms with van der Waals surface area (Å²) in [5.41, 5.74) is 8.42. The average Bonchev–Trinajstić information content (AvgIpc) is 3.02. The first-order chi connectivity index (χ1) is 13.5. The number of anilines is 3. The molecule has 28 heavy (non-hydrogen) atoms. The fourth-order valence-corrected chi connectivity index (χ4v) is 3.53. The lowest BCUT2D eigenvalue weighted by molar-refractivity contribution is 0.262. The van der Waals surface area contributed by atoms with Crippen LogP contribution < -0.4 is 16.4 Å². The van der Waals surface area contributed by atoms with Gasteiger partial charge in [-0.1, -0.05) is 29.7 Å². The Balaban J connectivity index is 1.72. The topological polar surface area (TPSA) is 113 Å². The zero-order valence-electron chi connectivity index (χ0n) is 14.2. The van der Waals surface area contributed by atoms with Crippen LogP contribution in [0.3, 0.4) is 0 Å². The molecule has 3 rings (SSSR count). The highest BCUT2D eigenvalue weighted by atomic mass is 79.9. The summed E-state index contributed by atoms with van der Waals surface area (Å²) in [6, 6.07) is 8.21. The van der Waals surface area contributed by atoms with Crippen LogP contribution in [0.5, 0.6) is 0 Å². The second-order valence-corrected chi connectivity index (χ2v) is 7.41. The standard InChI is InChI=1S/C18H13BrClN5O2S/c19-16-13(5-4-10-2-1-3-11(6-10)9-26)25-28-17(16)24-18(27)23-14-7-15(20)22-8-12(14)21/h1-3,6-8,26H,9,21H2,(H2,22,23,24,27). The molecule has 2 heterocycles. The lowest BCUT2D eigenvalue weighted by Crippen LogP contribution is -2.19.